The van der Waals surface area contributed by atoms with E-state index in [0.29, 0.717) is 10.7 Å². The minimum atomic E-state index is 0.606. The van der Waals surface area contributed by atoms with Crippen molar-refractivity contribution in [1.82, 2.24) is 0 Å². The van der Waals surface area contributed by atoms with E-state index in [-0.39, 0.29) is 0 Å². The lowest BCUT2D eigenvalue weighted by molar-refractivity contribution is 0.786. The van der Waals surface area contributed by atoms with Gasteiger partial charge in [-0.15, -0.1) is 0 Å². The largest absolute Gasteiger partial charge is 0.398 e. The Morgan fingerprint density at radius 1 is 1.05 bits per heavy atom. The van der Waals surface area contributed by atoms with E-state index >= 15 is 0 Å². The number of nitrogens with two attached hydrogens (primary N) is 1. The molecule has 0 spiro atoms. The molecule has 2 aromatic rings. The van der Waals surface area contributed by atoms with Crippen molar-refractivity contribution in [3.05, 3.63) is 53.6 Å². The molecule has 0 aliphatic heterocycles. The molecule has 0 saturated carbocycles. The second-order valence-electron chi connectivity index (χ2n) is 4.55. The third kappa shape index (κ3) is 3.42. The lowest BCUT2D eigenvalue weighted by Crippen LogP contribution is -2.18. The molecule has 2 N–H and O–H groups in total. The molecular formula is C16H19ClN2. The lowest BCUT2D eigenvalue weighted by atomic mass is 10.2. The molecule has 2 aromatic carbocycles. The van der Waals surface area contributed by atoms with Crippen LogP contribution >= 0.6 is 11.6 Å². The molecule has 3 heteroatoms. The first kappa shape index (κ1) is 13.8. The van der Waals surface area contributed by atoms with Gasteiger partial charge >= 0.3 is 0 Å². The third-order valence-electron chi connectivity index (χ3n) is 3.10. The van der Waals surface area contributed by atoms with Gasteiger partial charge in [-0.05, 0) is 36.8 Å². The second kappa shape index (κ2) is 6.48. The highest BCUT2D eigenvalue weighted by Crippen LogP contribution is 2.30. The van der Waals surface area contributed by atoms with Crippen molar-refractivity contribution < 1.29 is 0 Å². The molecule has 0 saturated heterocycles. The highest BCUT2D eigenvalue weighted by Gasteiger charge is 2.09. The number of hydrogen-bond acceptors (Lipinski definition) is 2. The second-order valence-corrected chi connectivity index (χ2v) is 4.95. The smallest absolute Gasteiger partial charge is 0.0656 e. The molecule has 0 atom stereocenters. The number of anilines is 3. The molecule has 0 aliphatic carbocycles. The van der Waals surface area contributed by atoms with E-state index in [9.17, 15) is 0 Å². The first-order valence-electron chi connectivity index (χ1n) is 6.60. The molecule has 0 bridgehead atoms. The average molecular weight is 275 g/mol. The van der Waals surface area contributed by atoms with Crippen LogP contribution in [0.25, 0.3) is 0 Å². The monoisotopic (exact) mass is 274 g/mol. The molecule has 0 amide bonds. The molecule has 0 aliphatic rings. The Bertz CT molecular complexity index is 526. The SMILES string of the molecule is CCCCN(c1ccccc1)c1ccc(N)c(Cl)c1. The van der Waals surface area contributed by atoms with Gasteiger partial charge in [-0.1, -0.05) is 43.1 Å². The van der Waals surface area contributed by atoms with Gasteiger partial charge in [0.2, 0.25) is 0 Å². The summed E-state index contributed by atoms with van der Waals surface area (Å²) in [7, 11) is 0. The van der Waals surface area contributed by atoms with Gasteiger partial charge in [0.25, 0.3) is 0 Å². The minimum Gasteiger partial charge on any atom is -0.398 e. The van der Waals surface area contributed by atoms with E-state index in [1.165, 1.54) is 5.69 Å². The number of hydrogen-bond donors (Lipinski definition) is 1. The summed E-state index contributed by atoms with van der Waals surface area (Å²) in [4.78, 5) is 2.27. The van der Waals surface area contributed by atoms with Crippen LogP contribution in [0.5, 0.6) is 0 Å². The van der Waals surface area contributed by atoms with Crippen LogP contribution in [-0.4, -0.2) is 6.54 Å². The molecular weight excluding hydrogens is 256 g/mol. The van der Waals surface area contributed by atoms with Crippen LogP contribution in [0.3, 0.4) is 0 Å². The number of halogens is 1. The minimum absolute atomic E-state index is 0.606. The lowest BCUT2D eigenvalue weighted by Gasteiger charge is -2.25. The fraction of sp³-hybridized carbons (Fsp3) is 0.250. The van der Waals surface area contributed by atoms with Gasteiger partial charge in [0.15, 0.2) is 0 Å². The van der Waals surface area contributed by atoms with Gasteiger partial charge in [-0.2, -0.15) is 0 Å². The fourth-order valence-electron chi connectivity index (χ4n) is 2.02. The Morgan fingerprint density at radius 3 is 2.42 bits per heavy atom. The Labute approximate surface area is 119 Å². The highest BCUT2D eigenvalue weighted by molar-refractivity contribution is 6.33. The molecule has 0 heterocycles. The molecule has 0 aromatic heterocycles. The Balaban J connectivity index is 2.34. The zero-order valence-corrected chi connectivity index (χ0v) is 11.9. The van der Waals surface area contributed by atoms with Crippen molar-refractivity contribution in [3.63, 3.8) is 0 Å². The molecule has 2 nitrogen and oxygen atoms in total. The molecule has 0 fully saturated rings. The molecule has 2 rings (SSSR count). The topological polar surface area (TPSA) is 29.3 Å². The maximum absolute atomic E-state index is 6.13. The van der Waals surface area contributed by atoms with Gasteiger partial charge in [0.05, 0.1) is 10.7 Å². The van der Waals surface area contributed by atoms with Crippen LogP contribution in [0.15, 0.2) is 48.5 Å². The first-order valence-corrected chi connectivity index (χ1v) is 6.97. The van der Waals surface area contributed by atoms with Gasteiger partial charge in [0.1, 0.15) is 0 Å². The Hall–Kier alpha value is -1.67. The van der Waals surface area contributed by atoms with Crippen molar-refractivity contribution in [1.29, 1.82) is 0 Å². The van der Waals surface area contributed by atoms with Crippen LogP contribution < -0.4 is 10.6 Å². The summed E-state index contributed by atoms with van der Waals surface area (Å²) in [5.74, 6) is 0. The molecule has 0 unspecified atom stereocenters. The van der Waals surface area contributed by atoms with Crippen molar-refractivity contribution in [2.75, 3.05) is 17.2 Å². The summed E-state index contributed by atoms with van der Waals surface area (Å²) in [6.45, 7) is 3.17. The van der Waals surface area contributed by atoms with Crippen molar-refractivity contribution in [2.24, 2.45) is 0 Å². The number of nitrogen functional groups attached to an aromatic ring is 1. The standard InChI is InChI=1S/C16H19ClN2/c1-2-3-11-19(13-7-5-4-6-8-13)14-9-10-16(18)15(17)12-14/h4-10,12H,2-3,11,18H2,1H3. The maximum atomic E-state index is 6.13. The van der Waals surface area contributed by atoms with Crippen LogP contribution in [-0.2, 0) is 0 Å². The van der Waals surface area contributed by atoms with Crippen LogP contribution in [0, 0.1) is 0 Å². The van der Waals surface area contributed by atoms with E-state index in [4.69, 9.17) is 17.3 Å². The van der Waals surface area contributed by atoms with E-state index in [1.54, 1.807) is 0 Å². The van der Waals surface area contributed by atoms with Gasteiger partial charge < -0.3 is 10.6 Å². The molecule has 0 radical (unpaired) electrons. The number of unbranched alkanes of at least 4 members (excludes halogenated alkanes) is 1. The third-order valence-corrected chi connectivity index (χ3v) is 3.43. The van der Waals surface area contributed by atoms with E-state index in [1.807, 2.05) is 36.4 Å². The van der Waals surface area contributed by atoms with Crippen molar-refractivity contribution >= 4 is 28.7 Å². The molecule has 100 valence electrons. The average Bonchev–Trinajstić information content (AvgIpc) is 2.44. The zero-order chi connectivity index (χ0) is 13.7. The quantitative estimate of drug-likeness (QED) is 0.789. The van der Waals surface area contributed by atoms with Crippen molar-refractivity contribution in [2.45, 2.75) is 19.8 Å². The Morgan fingerprint density at radius 2 is 1.79 bits per heavy atom. The summed E-state index contributed by atoms with van der Waals surface area (Å²) in [6, 6.07) is 16.2. The number of benzene rings is 2. The Kier molecular flexibility index (Phi) is 4.69. The fourth-order valence-corrected chi connectivity index (χ4v) is 2.19. The van der Waals surface area contributed by atoms with Gasteiger partial charge in [0, 0.05) is 17.9 Å². The summed E-state index contributed by atoms with van der Waals surface area (Å²) >= 11 is 6.13. The van der Waals surface area contributed by atoms with E-state index in [0.717, 1.165) is 25.1 Å². The van der Waals surface area contributed by atoms with Gasteiger partial charge in [-0.25, -0.2) is 0 Å². The summed E-state index contributed by atoms with van der Waals surface area (Å²) < 4.78 is 0. The summed E-state index contributed by atoms with van der Waals surface area (Å²) in [5.41, 5.74) is 8.66. The summed E-state index contributed by atoms with van der Waals surface area (Å²) in [5, 5.41) is 0.606. The predicted octanol–water partition coefficient (Wildman–Crippen LogP) is 4.86. The first-order chi connectivity index (χ1) is 9.22. The number of nitrogens with zero attached hydrogens (tertiary/aromatic N) is 1. The van der Waals surface area contributed by atoms with Crippen LogP contribution in [0.4, 0.5) is 17.1 Å². The predicted molar refractivity (Wildman–Crippen MR) is 84.2 cm³/mol. The van der Waals surface area contributed by atoms with Crippen LogP contribution in [0.2, 0.25) is 5.02 Å². The zero-order valence-electron chi connectivity index (χ0n) is 11.1. The normalized spacial score (nSPS) is 10.4. The van der Waals surface area contributed by atoms with Crippen LogP contribution in [0.1, 0.15) is 19.8 Å². The maximum Gasteiger partial charge on any atom is 0.0656 e. The van der Waals surface area contributed by atoms with Gasteiger partial charge in [-0.3, -0.25) is 0 Å². The highest BCUT2D eigenvalue weighted by atomic mass is 35.5. The molecule has 19 heavy (non-hydrogen) atoms. The number of rotatable bonds is 5. The number of para-hydroxylation sites is 1. The summed E-state index contributed by atoms with van der Waals surface area (Å²) in [6.07, 6.45) is 2.29. The van der Waals surface area contributed by atoms with E-state index in [2.05, 4.69) is 24.0 Å². The van der Waals surface area contributed by atoms with Crippen molar-refractivity contribution in [3.8, 4) is 0 Å². The van der Waals surface area contributed by atoms with E-state index < -0.39 is 0 Å².